The lowest BCUT2D eigenvalue weighted by molar-refractivity contribution is -0.120. The molecule has 3 rings (SSSR count). The maximum absolute atomic E-state index is 12.2. The van der Waals surface area contributed by atoms with Gasteiger partial charge >= 0.3 is 0 Å². The van der Waals surface area contributed by atoms with E-state index in [1.165, 1.54) is 6.33 Å². The molecule has 0 bridgehead atoms. The van der Waals surface area contributed by atoms with E-state index < -0.39 is 0 Å². The molecule has 3 aromatic rings. The van der Waals surface area contributed by atoms with Crippen molar-refractivity contribution in [1.82, 2.24) is 20.3 Å². The zero-order valence-corrected chi connectivity index (χ0v) is 17.4. The lowest BCUT2D eigenvalue weighted by Gasteiger charge is -2.10. The zero-order valence-electron chi connectivity index (χ0n) is 17.4. The molecule has 0 spiro atoms. The van der Waals surface area contributed by atoms with Crippen molar-refractivity contribution in [1.29, 1.82) is 0 Å². The Morgan fingerprint density at radius 3 is 2.53 bits per heavy atom. The molecule has 1 aromatic carbocycles. The van der Waals surface area contributed by atoms with E-state index >= 15 is 0 Å². The van der Waals surface area contributed by atoms with Crippen LogP contribution in [0.5, 0.6) is 5.75 Å². The second kappa shape index (κ2) is 10.2. The number of rotatable bonds is 9. The van der Waals surface area contributed by atoms with Gasteiger partial charge in [0.2, 0.25) is 5.91 Å². The lowest BCUT2D eigenvalue weighted by Crippen LogP contribution is -2.30. The summed E-state index contributed by atoms with van der Waals surface area (Å²) in [5.41, 5.74) is 3.08. The van der Waals surface area contributed by atoms with Crippen LogP contribution in [0.4, 0.5) is 17.5 Å². The van der Waals surface area contributed by atoms with Crippen LogP contribution in [0.2, 0.25) is 0 Å². The van der Waals surface area contributed by atoms with Gasteiger partial charge in [0, 0.05) is 25.4 Å². The Hall–Kier alpha value is -3.68. The standard InChI is InChI=1S/C22H26N6O2/c1-15-6-7-23-20(10-15)28-21-13-19(26-14-27-21)24-8-9-25-22(29)12-17-4-5-18(30-3)16(2)11-17/h4-7,10-11,13-14H,8-9,12H2,1-3H3,(H,25,29)(H2,23,24,26,27,28). The molecule has 0 atom stereocenters. The zero-order chi connectivity index (χ0) is 21.3. The van der Waals surface area contributed by atoms with Gasteiger partial charge in [0.25, 0.3) is 0 Å². The van der Waals surface area contributed by atoms with Crippen molar-refractivity contribution in [2.24, 2.45) is 0 Å². The Morgan fingerprint density at radius 1 is 0.967 bits per heavy atom. The molecule has 8 nitrogen and oxygen atoms in total. The summed E-state index contributed by atoms with van der Waals surface area (Å²) in [6, 6.07) is 11.4. The molecule has 0 unspecified atom stereocenters. The van der Waals surface area contributed by atoms with Gasteiger partial charge in [-0.25, -0.2) is 15.0 Å². The van der Waals surface area contributed by atoms with Gasteiger partial charge in [-0.15, -0.1) is 0 Å². The van der Waals surface area contributed by atoms with Crippen molar-refractivity contribution in [3.05, 3.63) is 65.6 Å². The van der Waals surface area contributed by atoms with Gasteiger partial charge in [-0.05, 0) is 48.7 Å². The molecule has 0 aliphatic heterocycles. The molecule has 0 aliphatic carbocycles. The number of ether oxygens (including phenoxy) is 1. The Morgan fingerprint density at radius 2 is 1.77 bits per heavy atom. The van der Waals surface area contributed by atoms with E-state index in [0.29, 0.717) is 31.1 Å². The average Bonchev–Trinajstić information content (AvgIpc) is 2.72. The first kappa shape index (κ1) is 21.0. The van der Waals surface area contributed by atoms with Gasteiger partial charge in [0.1, 0.15) is 29.5 Å². The van der Waals surface area contributed by atoms with Gasteiger partial charge in [-0.3, -0.25) is 4.79 Å². The maximum atomic E-state index is 12.2. The highest BCUT2D eigenvalue weighted by Crippen LogP contribution is 2.18. The highest BCUT2D eigenvalue weighted by Gasteiger charge is 2.06. The highest BCUT2D eigenvalue weighted by molar-refractivity contribution is 5.78. The molecule has 0 aliphatic rings. The minimum Gasteiger partial charge on any atom is -0.496 e. The normalized spacial score (nSPS) is 10.4. The number of hydrogen-bond acceptors (Lipinski definition) is 7. The third-order valence-corrected chi connectivity index (χ3v) is 4.42. The number of hydrogen-bond donors (Lipinski definition) is 3. The molecule has 2 aromatic heterocycles. The van der Waals surface area contributed by atoms with Crippen molar-refractivity contribution in [3.8, 4) is 5.75 Å². The van der Waals surface area contributed by atoms with E-state index in [2.05, 4.69) is 30.9 Å². The van der Waals surface area contributed by atoms with Crippen molar-refractivity contribution in [2.75, 3.05) is 30.8 Å². The molecule has 0 saturated carbocycles. The number of amides is 1. The number of nitrogens with one attached hydrogen (secondary N) is 3. The van der Waals surface area contributed by atoms with Crippen LogP contribution in [0.25, 0.3) is 0 Å². The summed E-state index contributed by atoms with van der Waals surface area (Å²) in [4.78, 5) is 24.8. The van der Waals surface area contributed by atoms with Gasteiger partial charge in [0.05, 0.1) is 13.5 Å². The van der Waals surface area contributed by atoms with E-state index in [0.717, 1.165) is 28.3 Å². The minimum absolute atomic E-state index is 0.0306. The van der Waals surface area contributed by atoms with Crippen molar-refractivity contribution < 1.29 is 9.53 Å². The molecule has 156 valence electrons. The van der Waals surface area contributed by atoms with E-state index in [-0.39, 0.29) is 5.91 Å². The van der Waals surface area contributed by atoms with Crippen LogP contribution >= 0.6 is 0 Å². The van der Waals surface area contributed by atoms with Crippen molar-refractivity contribution in [3.63, 3.8) is 0 Å². The van der Waals surface area contributed by atoms with Gasteiger partial charge in [0.15, 0.2) is 0 Å². The molecule has 0 fully saturated rings. The fourth-order valence-electron chi connectivity index (χ4n) is 2.95. The number of carbonyl (C=O) groups excluding carboxylic acids is 1. The van der Waals surface area contributed by atoms with Crippen molar-refractivity contribution in [2.45, 2.75) is 20.3 Å². The highest BCUT2D eigenvalue weighted by atomic mass is 16.5. The average molecular weight is 406 g/mol. The fourth-order valence-corrected chi connectivity index (χ4v) is 2.95. The third kappa shape index (κ3) is 6.16. The van der Waals surface area contributed by atoms with Gasteiger partial charge in [-0.2, -0.15) is 0 Å². The molecule has 30 heavy (non-hydrogen) atoms. The first-order chi connectivity index (χ1) is 14.5. The predicted molar refractivity (Wildman–Crippen MR) is 117 cm³/mol. The van der Waals surface area contributed by atoms with Crippen LogP contribution in [0.1, 0.15) is 16.7 Å². The number of anilines is 3. The van der Waals surface area contributed by atoms with Crippen LogP contribution < -0.4 is 20.7 Å². The molecule has 8 heteroatoms. The van der Waals surface area contributed by atoms with Crippen LogP contribution in [-0.4, -0.2) is 41.1 Å². The Kier molecular flexibility index (Phi) is 7.15. The number of benzene rings is 1. The first-order valence-corrected chi connectivity index (χ1v) is 9.69. The third-order valence-electron chi connectivity index (χ3n) is 4.42. The molecule has 2 heterocycles. The number of pyridine rings is 1. The predicted octanol–water partition coefficient (Wildman–Crippen LogP) is 3.01. The summed E-state index contributed by atoms with van der Waals surface area (Å²) < 4.78 is 5.25. The summed E-state index contributed by atoms with van der Waals surface area (Å²) in [5.74, 6) is 2.82. The Labute approximate surface area is 176 Å². The Balaban J connectivity index is 1.44. The number of aryl methyl sites for hydroxylation is 2. The van der Waals surface area contributed by atoms with Crippen LogP contribution in [-0.2, 0) is 11.2 Å². The maximum Gasteiger partial charge on any atom is 0.224 e. The lowest BCUT2D eigenvalue weighted by atomic mass is 10.1. The van der Waals surface area contributed by atoms with Crippen LogP contribution in [0.3, 0.4) is 0 Å². The number of aromatic nitrogens is 3. The monoisotopic (exact) mass is 406 g/mol. The largest absolute Gasteiger partial charge is 0.496 e. The molecule has 3 N–H and O–H groups in total. The SMILES string of the molecule is COc1ccc(CC(=O)NCCNc2cc(Nc3cc(C)ccn3)ncn2)cc1C. The van der Waals surface area contributed by atoms with Crippen molar-refractivity contribution >= 4 is 23.4 Å². The molecular formula is C22H26N6O2. The van der Waals surface area contributed by atoms with Crippen LogP contribution in [0.15, 0.2) is 48.9 Å². The topological polar surface area (TPSA) is 101 Å². The van der Waals surface area contributed by atoms with E-state index in [4.69, 9.17) is 4.74 Å². The summed E-state index contributed by atoms with van der Waals surface area (Å²) in [5, 5.41) is 9.24. The Bertz CT molecular complexity index is 1010. The second-order valence-electron chi connectivity index (χ2n) is 6.89. The first-order valence-electron chi connectivity index (χ1n) is 9.69. The molecule has 0 radical (unpaired) electrons. The summed E-state index contributed by atoms with van der Waals surface area (Å²) in [7, 11) is 1.64. The number of methoxy groups -OCH3 is 1. The number of nitrogens with zero attached hydrogens (tertiary/aromatic N) is 3. The molecule has 1 amide bonds. The minimum atomic E-state index is -0.0306. The van der Waals surface area contributed by atoms with Gasteiger partial charge in [-0.1, -0.05) is 12.1 Å². The summed E-state index contributed by atoms with van der Waals surface area (Å²) in [6.07, 6.45) is 3.55. The summed E-state index contributed by atoms with van der Waals surface area (Å²) in [6.45, 7) is 5.00. The fraction of sp³-hybridized carbons (Fsp3) is 0.273. The van der Waals surface area contributed by atoms with E-state index in [1.807, 2.05) is 44.2 Å². The number of carbonyl (C=O) groups is 1. The molecular weight excluding hydrogens is 380 g/mol. The van der Waals surface area contributed by atoms with E-state index in [1.54, 1.807) is 19.4 Å². The van der Waals surface area contributed by atoms with Crippen LogP contribution in [0, 0.1) is 13.8 Å². The second-order valence-corrected chi connectivity index (χ2v) is 6.89. The van der Waals surface area contributed by atoms with E-state index in [9.17, 15) is 4.79 Å². The molecule has 0 saturated heterocycles. The quantitative estimate of drug-likeness (QED) is 0.470. The smallest absolute Gasteiger partial charge is 0.224 e. The summed E-state index contributed by atoms with van der Waals surface area (Å²) >= 11 is 0. The van der Waals surface area contributed by atoms with Gasteiger partial charge < -0.3 is 20.7 Å².